The fraction of sp³-hybridized carbons (Fsp3) is 0.917. The van der Waals surface area contributed by atoms with E-state index in [0.29, 0.717) is 6.04 Å². The van der Waals surface area contributed by atoms with Crippen molar-refractivity contribution in [1.82, 2.24) is 10.6 Å². The predicted octanol–water partition coefficient (Wildman–Crippen LogP) is 1.75. The number of nitrogens with zero attached hydrogens (tertiary/aromatic N) is 1. The van der Waals surface area contributed by atoms with Crippen molar-refractivity contribution in [3.05, 3.63) is 0 Å². The average molecular weight is 209 g/mol. The maximum absolute atomic E-state index is 4.16. The van der Waals surface area contributed by atoms with Crippen LogP contribution in [0.5, 0.6) is 0 Å². The molecule has 15 heavy (non-hydrogen) atoms. The summed E-state index contributed by atoms with van der Waals surface area (Å²) in [5, 5.41) is 6.56. The maximum Gasteiger partial charge on any atom is 0.190 e. The molecule has 0 aromatic carbocycles. The third kappa shape index (κ3) is 2.64. The van der Waals surface area contributed by atoms with E-state index in [2.05, 4.69) is 15.6 Å². The van der Waals surface area contributed by atoms with Gasteiger partial charge in [0, 0.05) is 20.1 Å². The van der Waals surface area contributed by atoms with Gasteiger partial charge in [-0.05, 0) is 18.3 Å². The minimum atomic E-state index is 0.694. The molecule has 2 fully saturated rings. The Morgan fingerprint density at radius 1 is 1.20 bits per heavy atom. The molecule has 0 bridgehead atoms. The van der Waals surface area contributed by atoms with Crippen LogP contribution in [0.1, 0.15) is 38.5 Å². The first-order chi connectivity index (χ1) is 7.35. The largest absolute Gasteiger partial charge is 0.359 e. The van der Waals surface area contributed by atoms with E-state index in [1.807, 2.05) is 14.1 Å². The highest BCUT2D eigenvalue weighted by Gasteiger charge is 2.43. The molecule has 0 heterocycles. The van der Waals surface area contributed by atoms with E-state index >= 15 is 0 Å². The van der Waals surface area contributed by atoms with Gasteiger partial charge in [-0.1, -0.05) is 32.1 Å². The van der Waals surface area contributed by atoms with Crippen molar-refractivity contribution in [2.45, 2.75) is 44.6 Å². The van der Waals surface area contributed by atoms with Crippen LogP contribution in [0, 0.1) is 11.8 Å². The summed E-state index contributed by atoms with van der Waals surface area (Å²) >= 11 is 0. The zero-order chi connectivity index (χ0) is 10.7. The number of aliphatic imine (C=N–C) groups is 1. The second kappa shape index (κ2) is 4.86. The lowest BCUT2D eigenvalue weighted by Crippen LogP contribution is -2.37. The molecule has 2 aliphatic carbocycles. The SMILES string of the molecule is CN=C(NC)N[C@@H]1C[C@H]1C1CCCCC1. The molecule has 0 amide bonds. The van der Waals surface area contributed by atoms with Gasteiger partial charge < -0.3 is 10.6 Å². The lowest BCUT2D eigenvalue weighted by atomic mass is 9.85. The smallest absolute Gasteiger partial charge is 0.190 e. The van der Waals surface area contributed by atoms with Crippen LogP contribution in [0.4, 0.5) is 0 Å². The van der Waals surface area contributed by atoms with Gasteiger partial charge in [-0.3, -0.25) is 4.99 Å². The number of nitrogens with one attached hydrogen (secondary N) is 2. The molecule has 2 saturated carbocycles. The van der Waals surface area contributed by atoms with Crippen LogP contribution in [-0.2, 0) is 0 Å². The molecule has 0 aromatic heterocycles. The van der Waals surface area contributed by atoms with Crippen molar-refractivity contribution >= 4 is 5.96 Å². The summed E-state index contributed by atoms with van der Waals surface area (Å²) in [5.41, 5.74) is 0. The lowest BCUT2D eigenvalue weighted by molar-refractivity contribution is 0.316. The molecule has 2 atom stereocenters. The molecule has 0 aliphatic heterocycles. The van der Waals surface area contributed by atoms with E-state index in [4.69, 9.17) is 0 Å². The van der Waals surface area contributed by atoms with Gasteiger partial charge in [0.15, 0.2) is 5.96 Å². The fourth-order valence-electron chi connectivity index (χ4n) is 2.89. The molecule has 0 unspecified atom stereocenters. The first-order valence-electron chi connectivity index (χ1n) is 6.26. The Morgan fingerprint density at radius 3 is 2.53 bits per heavy atom. The Morgan fingerprint density at radius 2 is 1.93 bits per heavy atom. The summed E-state index contributed by atoms with van der Waals surface area (Å²) in [7, 11) is 3.75. The summed E-state index contributed by atoms with van der Waals surface area (Å²) < 4.78 is 0. The topological polar surface area (TPSA) is 36.4 Å². The molecule has 86 valence electrons. The highest BCUT2D eigenvalue weighted by molar-refractivity contribution is 5.79. The molecule has 2 N–H and O–H groups in total. The van der Waals surface area contributed by atoms with Crippen LogP contribution in [-0.4, -0.2) is 26.1 Å². The zero-order valence-corrected chi connectivity index (χ0v) is 9.92. The monoisotopic (exact) mass is 209 g/mol. The first-order valence-corrected chi connectivity index (χ1v) is 6.26. The van der Waals surface area contributed by atoms with Gasteiger partial charge in [0.25, 0.3) is 0 Å². The van der Waals surface area contributed by atoms with Crippen LogP contribution in [0.25, 0.3) is 0 Å². The molecule has 0 saturated heterocycles. The van der Waals surface area contributed by atoms with E-state index in [1.54, 1.807) is 0 Å². The lowest BCUT2D eigenvalue weighted by Gasteiger charge is -2.21. The van der Waals surface area contributed by atoms with Crippen LogP contribution >= 0.6 is 0 Å². The van der Waals surface area contributed by atoms with E-state index in [-0.39, 0.29) is 0 Å². The van der Waals surface area contributed by atoms with Crippen molar-refractivity contribution in [2.24, 2.45) is 16.8 Å². The molecule has 0 aromatic rings. The van der Waals surface area contributed by atoms with Crippen molar-refractivity contribution in [1.29, 1.82) is 0 Å². The fourth-order valence-corrected chi connectivity index (χ4v) is 2.89. The molecular weight excluding hydrogens is 186 g/mol. The third-order valence-corrected chi connectivity index (χ3v) is 3.88. The molecule has 0 spiro atoms. The standard InChI is InChI=1S/C12H23N3/c1-13-12(14-2)15-11-8-10(11)9-6-4-3-5-7-9/h9-11H,3-8H2,1-2H3,(H2,13,14,15)/t10-,11+/m0/s1. The van der Waals surface area contributed by atoms with E-state index < -0.39 is 0 Å². The Bertz CT molecular complexity index is 231. The van der Waals surface area contributed by atoms with Gasteiger partial charge in [0.05, 0.1) is 0 Å². The Kier molecular flexibility index (Phi) is 3.49. The van der Waals surface area contributed by atoms with Crippen molar-refractivity contribution < 1.29 is 0 Å². The van der Waals surface area contributed by atoms with E-state index in [1.165, 1.54) is 38.5 Å². The Labute approximate surface area is 92.7 Å². The first kappa shape index (κ1) is 10.8. The molecule has 0 radical (unpaired) electrons. The van der Waals surface area contributed by atoms with Crippen LogP contribution in [0.15, 0.2) is 4.99 Å². The maximum atomic E-state index is 4.16. The van der Waals surface area contributed by atoms with Gasteiger partial charge in [-0.15, -0.1) is 0 Å². The normalized spacial score (nSPS) is 32.5. The van der Waals surface area contributed by atoms with Crippen molar-refractivity contribution in [3.8, 4) is 0 Å². The quantitative estimate of drug-likeness (QED) is 0.537. The number of rotatable bonds is 2. The Hall–Kier alpha value is -0.730. The molecule has 3 nitrogen and oxygen atoms in total. The molecular formula is C12H23N3. The van der Waals surface area contributed by atoms with Crippen LogP contribution < -0.4 is 10.6 Å². The summed E-state index contributed by atoms with van der Waals surface area (Å²) in [4.78, 5) is 4.16. The van der Waals surface area contributed by atoms with E-state index in [0.717, 1.165) is 17.8 Å². The van der Waals surface area contributed by atoms with Crippen molar-refractivity contribution in [3.63, 3.8) is 0 Å². The van der Waals surface area contributed by atoms with Gasteiger partial charge in [-0.2, -0.15) is 0 Å². The second-order valence-corrected chi connectivity index (χ2v) is 4.87. The van der Waals surface area contributed by atoms with Gasteiger partial charge in [-0.25, -0.2) is 0 Å². The second-order valence-electron chi connectivity index (χ2n) is 4.87. The average Bonchev–Trinajstić information content (AvgIpc) is 3.06. The minimum Gasteiger partial charge on any atom is -0.359 e. The zero-order valence-electron chi connectivity index (χ0n) is 9.92. The van der Waals surface area contributed by atoms with Gasteiger partial charge in [0.2, 0.25) is 0 Å². The number of hydrogen-bond acceptors (Lipinski definition) is 1. The minimum absolute atomic E-state index is 0.694. The van der Waals surface area contributed by atoms with Gasteiger partial charge >= 0.3 is 0 Å². The highest BCUT2D eigenvalue weighted by atomic mass is 15.2. The van der Waals surface area contributed by atoms with Crippen LogP contribution in [0.2, 0.25) is 0 Å². The highest BCUT2D eigenvalue weighted by Crippen LogP contribution is 2.44. The molecule has 3 heteroatoms. The number of hydrogen-bond donors (Lipinski definition) is 2. The van der Waals surface area contributed by atoms with Crippen LogP contribution in [0.3, 0.4) is 0 Å². The molecule has 2 aliphatic rings. The third-order valence-electron chi connectivity index (χ3n) is 3.88. The van der Waals surface area contributed by atoms with Crippen molar-refractivity contribution in [2.75, 3.05) is 14.1 Å². The van der Waals surface area contributed by atoms with Gasteiger partial charge in [0.1, 0.15) is 0 Å². The summed E-state index contributed by atoms with van der Waals surface area (Å²) in [6.45, 7) is 0. The Balaban J connectivity index is 1.75. The van der Waals surface area contributed by atoms with E-state index in [9.17, 15) is 0 Å². The predicted molar refractivity (Wildman–Crippen MR) is 64.0 cm³/mol. The summed E-state index contributed by atoms with van der Waals surface area (Å²) in [5.74, 6) is 2.86. The molecule has 2 rings (SSSR count). The summed E-state index contributed by atoms with van der Waals surface area (Å²) in [6, 6.07) is 0.694. The number of guanidine groups is 1. The summed E-state index contributed by atoms with van der Waals surface area (Å²) in [6.07, 6.45) is 8.64.